The number of rotatable bonds is 1. The van der Waals surface area contributed by atoms with E-state index in [0.29, 0.717) is 5.69 Å². The maximum atomic E-state index is 10.2. The van der Waals surface area contributed by atoms with Gasteiger partial charge in [-0.05, 0) is 18.2 Å². The molecule has 4 N–H and O–H groups in total. The number of phenolic OH excluding ortho intramolecular Hbond substituents is 2. The van der Waals surface area contributed by atoms with Crippen molar-refractivity contribution in [3.8, 4) is 11.5 Å². The summed E-state index contributed by atoms with van der Waals surface area (Å²) in [6, 6.07) is 8.80. The van der Waals surface area contributed by atoms with Crippen LogP contribution in [0.15, 0.2) is 36.4 Å². The Morgan fingerprint density at radius 3 is 1.90 bits per heavy atom. The average Bonchev–Trinajstić information content (AvgIpc) is 2.39. The number of nitrogen functional groups attached to an aromatic ring is 1. The third-order valence-electron chi connectivity index (χ3n) is 2.18. The maximum Gasteiger partial charge on any atom is 0.312 e. The van der Waals surface area contributed by atoms with Gasteiger partial charge in [0.2, 0.25) is 5.75 Å². The number of anilines is 1. The van der Waals surface area contributed by atoms with Crippen LogP contribution in [-0.2, 0) is 0 Å². The number of nitro benzene ring substituents is 1. The molecule has 106 valence electrons. The van der Waals surface area contributed by atoms with E-state index in [1.54, 1.807) is 18.2 Å². The monoisotopic (exact) mass is 316 g/mol. The van der Waals surface area contributed by atoms with Gasteiger partial charge >= 0.3 is 5.69 Å². The summed E-state index contributed by atoms with van der Waals surface area (Å²) >= 11 is 10.9. The van der Waals surface area contributed by atoms with Crippen molar-refractivity contribution in [1.82, 2.24) is 0 Å². The highest BCUT2D eigenvalue weighted by Gasteiger charge is 2.14. The lowest BCUT2D eigenvalue weighted by Crippen LogP contribution is -1.87. The molecule has 0 amide bonds. The standard InChI is InChI=1S/C6H4ClNO3.C6H6ClNO/c7-4-2-1-3-5(6(4)9)8(10)11;7-4-2-1-3-5(8)6(4)9/h1-3,9H;1-3,9H,8H2. The van der Waals surface area contributed by atoms with Crippen molar-refractivity contribution >= 4 is 34.6 Å². The highest BCUT2D eigenvalue weighted by atomic mass is 35.5. The smallest absolute Gasteiger partial charge is 0.312 e. The molecule has 8 heteroatoms. The van der Waals surface area contributed by atoms with Crippen molar-refractivity contribution < 1.29 is 15.1 Å². The normalized spacial score (nSPS) is 9.50. The number of phenols is 2. The molecule has 0 radical (unpaired) electrons. The molecule has 0 saturated carbocycles. The Morgan fingerprint density at radius 2 is 1.50 bits per heavy atom. The highest BCUT2D eigenvalue weighted by molar-refractivity contribution is 6.32. The number of nitrogens with zero attached hydrogens (tertiary/aromatic N) is 1. The Kier molecular flexibility index (Phi) is 5.42. The summed E-state index contributed by atoms with van der Waals surface area (Å²) < 4.78 is 0. The predicted molar refractivity (Wildman–Crippen MR) is 77.3 cm³/mol. The molecule has 20 heavy (non-hydrogen) atoms. The van der Waals surface area contributed by atoms with Gasteiger partial charge in [0.25, 0.3) is 0 Å². The van der Waals surface area contributed by atoms with Crippen LogP contribution in [0.2, 0.25) is 10.0 Å². The molecule has 0 spiro atoms. The summed E-state index contributed by atoms with van der Waals surface area (Å²) in [5.74, 6) is -0.529. The molecule has 0 bridgehead atoms. The van der Waals surface area contributed by atoms with Crippen molar-refractivity contribution in [1.29, 1.82) is 0 Å². The average molecular weight is 317 g/mol. The number of hydrogen-bond acceptors (Lipinski definition) is 5. The van der Waals surface area contributed by atoms with Gasteiger partial charge in [0.15, 0.2) is 5.75 Å². The Labute approximate surface area is 124 Å². The zero-order valence-corrected chi connectivity index (χ0v) is 11.5. The van der Waals surface area contributed by atoms with E-state index in [4.69, 9.17) is 39.1 Å². The van der Waals surface area contributed by atoms with Gasteiger partial charge in [0, 0.05) is 6.07 Å². The van der Waals surface area contributed by atoms with Gasteiger partial charge in [-0.2, -0.15) is 0 Å². The fraction of sp³-hybridized carbons (Fsp3) is 0. The molecule has 0 saturated heterocycles. The summed E-state index contributed by atoms with van der Waals surface area (Å²) in [6.07, 6.45) is 0. The fourth-order valence-corrected chi connectivity index (χ4v) is 1.53. The second-order valence-electron chi connectivity index (χ2n) is 3.54. The van der Waals surface area contributed by atoms with Crippen molar-refractivity contribution in [3.05, 3.63) is 56.6 Å². The van der Waals surface area contributed by atoms with E-state index in [1.165, 1.54) is 18.2 Å². The first kappa shape index (κ1) is 15.9. The van der Waals surface area contributed by atoms with E-state index in [2.05, 4.69) is 0 Å². The van der Waals surface area contributed by atoms with Crippen molar-refractivity contribution in [2.45, 2.75) is 0 Å². The van der Waals surface area contributed by atoms with E-state index < -0.39 is 10.7 Å². The summed E-state index contributed by atoms with van der Waals surface area (Å²) in [7, 11) is 0. The molecular formula is C12H10Cl2N2O4. The Bertz CT molecular complexity index is 615. The number of hydrogen-bond donors (Lipinski definition) is 3. The minimum atomic E-state index is -0.693. The largest absolute Gasteiger partial charge is 0.504 e. The van der Waals surface area contributed by atoms with Gasteiger partial charge in [-0.25, -0.2) is 0 Å². The molecule has 2 aromatic rings. The fourth-order valence-electron chi connectivity index (χ4n) is 1.18. The molecule has 0 aliphatic heterocycles. The molecular weight excluding hydrogens is 307 g/mol. The van der Waals surface area contributed by atoms with Crippen LogP contribution in [0, 0.1) is 10.1 Å². The zero-order chi connectivity index (χ0) is 15.3. The molecule has 0 aliphatic rings. The number of nitrogens with two attached hydrogens (primary N) is 1. The van der Waals surface area contributed by atoms with E-state index in [1.807, 2.05) is 0 Å². The van der Waals surface area contributed by atoms with Crippen LogP contribution in [0.3, 0.4) is 0 Å². The van der Waals surface area contributed by atoms with Gasteiger partial charge in [0.1, 0.15) is 0 Å². The van der Waals surface area contributed by atoms with Gasteiger partial charge < -0.3 is 15.9 Å². The van der Waals surface area contributed by atoms with Crippen LogP contribution in [0.1, 0.15) is 0 Å². The SMILES string of the molecule is Nc1cccc(Cl)c1O.O=[N+]([O-])c1cccc(Cl)c1O. The summed E-state index contributed by atoms with van der Waals surface area (Å²) in [5, 5.41) is 28.4. The van der Waals surface area contributed by atoms with E-state index >= 15 is 0 Å². The zero-order valence-electron chi connectivity index (χ0n) is 9.96. The molecule has 0 unspecified atom stereocenters. The van der Waals surface area contributed by atoms with Crippen LogP contribution in [-0.4, -0.2) is 15.1 Å². The number of halogens is 2. The second kappa shape index (κ2) is 6.83. The number of nitro groups is 1. The number of para-hydroxylation sites is 2. The lowest BCUT2D eigenvalue weighted by molar-refractivity contribution is -0.385. The number of aromatic hydroxyl groups is 2. The van der Waals surface area contributed by atoms with Crippen LogP contribution in [0.5, 0.6) is 11.5 Å². The Balaban J connectivity index is 0.000000204. The van der Waals surface area contributed by atoms with E-state index in [-0.39, 0.29) is 21.5 Å². The third-order valence-corrected chi connectivity index (χ3v) is 2.79. The van der Waals surface area contributed by atoms with Gasteiger partial charge in [-0.3, -0.25) is 10.1 Å². The maximum absolute atomic E-state index is 10.2. The molecule has 0 heterocycles. The lowest BCUT2D eigenvalue weighted by Gasteiger charge is -1.97. The van der Waals surface area contributed by atoms with E-state index in [0.717, 1.165) is 0 Å². The van der Waals surface area contributed by atoms with Gasteiger partial charge in [0.05, 0.1) is 20.7 Å². The van der Waals surface area contributed by atoms with Crippen LogP contribution in [0.4, 0.5) is 11.4 Å². The topological polar surface area (TPSA) is 110 Å². The molecule has 0 atom stereocenters. The first-order valence-electron chi connectivity index (χ1n) is 5.19. The van der Waals surface area contributed by atoms with Gasteiger partial charge in [-0.1, -0.05) is 35.3 Å². The minimum Gasteiger partial charge on any atom is -0.504 e. The molecule has 0 fully saturated rings. The lowest BCUT2D eigenvalue weighted by atomic mass is 10.3. The van der Waals surface area contributed by atoms with Crippen molar-refractivity contribution in [2.75, 3.05) is 5.73 Å². The Morgan fingerprint density at radius 1 is 1.00 bits per heavy atom. The highest BCUT2D eigenvalue weighted by Crippen LogP contribution is 2.32. The quantitative estimate of drug-likeness (QED) is 0.322. The second-order valence-corrected chi connectivity index (χ2v) is 4.36. The molecule has 6 nitrogen and oxygen atoms in total. The van der Waals surface area contributed by atoms with E-state index in [9.17, 15) is 10.1 Å². The summed E-state index contributed by atoms with van der Waals surface area (Å²) in [6.45, 7) is 0. The first-order valence-corrected chi connectivity index (χ1v) is 5.95. The van der Waals surface area contributed by atoms with Crippen LogP contribution < -0.4 is 5.73 Å². The number of benzene rings is 2. The molecule has 0 aromatic heterocycles. The first-order chi connectivity index (χ1) is 9.34. The Hall–Kier alpha value is -2.18. The van der Waals surface area contributed by atoms with Crippen molar-refractivity contribution in [2.24, 2.45) is 0 Å². The minimum absolute atomic E-state index is 0.0146. The summed E-state index contributed by atoms with van der Waals surface area (Å²) in [5.41, 5.74) is 5.22. The molecule has 2 rings (SSSR count). The van der Waals surface area contributed by atoms with Crippen LogP contribution in [0.25, 0.3) is 0 Å². The predicted octanol–water partition coefficient (Wildman–Crippen LogP) is 3.58. The summed E-state index contributed by atoms with van der Waals surface area (Å²) in [4.78, 5) is 9.47. The van der Waals surface area contributed by atoms with Crippen molar-refractivity contribution in [3.63, 3.8) is 0 Å². The molecule has 0 aliphatic carbocycles. The van der Waals surface area contributed by atoms with Gasteiger partial charge in [-0.15, -0.1) is 0 Å². The molecule has 2 aromatic carbocycles. The van der Waals surface area contributed by atoms with Crippen LogP contribution >= 0.6 is 23.2 Å². The third kappa shape index (κ3) is 3.91.